The van der Waals surface area contributed by atoms with Crippen LogP contribution in [0.1, 0.15) is 19.4 Å². The number of aliphatic imine (C=N–C) groups is 1. The Bertz CT molecular complexity index is 545. The average Bonchev–Trinajstić information content (AvgIpc) is 2.29. The van der Waals surface area contributed by atoms with Crippen molar-refractivity contribution < 1.29 is 4.79 Å². The van der Waals surface area contributed by atoms with Gasteiger partial charge in [-0.05, 0) is 56.2 Å². The Morgan fingerprint density at radius 2 is 1.53 bits per heavy atom. The van der Waals surface area contributed by atoms with E-state index >= 15 is 0 Å². The van der Waals surface area contributed by atoms with Crippen LogP contribution in [-0.2, 0) is 4.79 Å². The summed E-state index contributed by atoms with van der Waals surface area (Å²) in [5.74, 6) is 0.0744. The van der Waals surface area contributed by atoms with Gasteiger partial charge in [0.25, 0.3) is 0 Å². The van der Waals surface area contributed by atoms with Gasteiger partial charge in [0, 0.05) is 0 Å². The summed E-state index contributed by atoms with van der Waals surface area (Å²) in [7, 11) is 0. The van der Waals surface area contributed by atoms with Gasteiger partial charge in [0.2, 0.25) is 0 Å². The lowest BCUT2D eigenvalue weighted by Crippen LogP contribution is -2.09. The summed E-state index contributed by atoms with van der Waals surface area (Å²) in [4.78, 5) is 16.0. The second-order valence-corrected chi connectivity index (χ2v) is 4.35. The van der Waals surface area contributed by atoms with Crippen molar-refractivity contribution in [1.29, 1.82) is 0 Å². The highest BCUT2D eigenvalue weighted by Gasteiger charge is 2.12. The summed E-state index contributed by atoms with van der Waals surface area (Å²) in [5, 5.41) is 0. The minimum absolute atomic E-state index is 0.0744. The first kappa shape index (κ1) is 11.5. The first-order valence-corrected chi connectivity index (χ1v) is 5.63. The highest BCUT2D eigenvalue weighted by molar-refractivity contribution is 6.22. The Morgan fingerprint density at radius 1 is 0.882 bits per heavy atom. The van der Waals surface area contributed by atoms with Crippen LogP contribution in [-0.4, -0.2) is 11.5 Å². The predicted molar refractivity (Wildman–Crippen MR) is 70.8 cm³/mol. The van der Waals surface area contributed by atoms with Gasteiger partial charge in [0.1, 0.15) is 0 Å². The first-order valence-electron chi connectivity index (χ1n) is 5.63. The van der Waals surface area contributed by atoms with Crippen LogP contribution < -0.4 is 0 Å². The van der Waals surface area contributed by atoms with Crippen molar-refractivity contribution in [2.75, 3.05) is 0 Å². The molecule has 0 aromatic heterocycles. The first-order chi connectivity index (χ1) is 8.06. The zero-order chi connectivity index (χ0) is 12.4. The minimum Gasteiger partial charge on any atom is -0.290 e. The molecule has 0 radical (unpaired) electrons. The van der Waals surface area contributed by atoms with Crippen molar-refractivity contribution in [2.24, 2.45) is 4.99 Å². The number of hydrogen-bond donors (Lipinski definition) is 0. The topological polar surface area (TPSA) is 29.4 Å². The fourth-order valence-corrected chi connectivity index (χ4v) is 1.65. The summed E-state index contributed by atoms with van der Waals surface area (Å²) in [5.41, 5.74) is 4.65. The van der Waals surface area contributed by atoms with Crippen LogP contribution in [0, 0.1) is 6.92 Å². The Kier molecular flexibility index (Phi) is 3.05. The molecule has 0 heterocycles. The van der Waals surface area contributed by atoms with E-state index in [1.807, 2.05) is 51.1 Å². The van der Waals surface area contributed by atoms with Crippen LogP contribution in [0.5, 0.6) is 0 Å². The molecule has 1 aliphatic carbocycles. The smallest absolute Gasteiger partial charge is 0.181 e. The fraction of sp³-hybridized carbons (Fsp3) is 0.200. The maximum atomic E-state index is 11.4. The van der Waals surface area contributed by atoms with Crippen molar-refractivity contribution >= 4 is 17.2 Å². The number of aryl methyl sites for hydroxylation is 1. The van der Waals surface area contributed by atoms with Gasteiger partial charge >= 0.3 is 0 Å². The van der Waals surface area contributed by atoms with Gasteiger partial charge in [-0.3, -0.25) is 4.79 Å². The normalized spacial score (nSPS) is 18.1. The van der Waals surface area contributed by atoms with Crippen molar-refractivity contribution in [3.05, 3.63) is 53.1 Å². The van der Waals surface area contributed by atoms with E-state index in [9.17, 15) is 4.79 Å². The molecule has 0 saturated heterocycles. The highest BCUT2D eigenvalue weighted by Crippen LogP contribution is 2.18. The standard InChI is InChI=1S/C15H15NO/c1-10-4-6-13(7-5-10)16-14-8-12(3)15(17)9-11(14)2/h4-9H,1-3H3. The Labute approximate surface area is 101 Å². The molecule has 1 aromatic carbocycles. The van der Waals surface area contributed by atoms with Gasteiger partial charge in [-0.1, -0.05) is 17.7 Å². The molecular formula is C15H15NO. The molecule has 0 bridgehead atoms. The van der Waals surface area contributed by atoms with Crippen LogP contribution in [0.3, 0.4) is 0 Å². The Balaban J connectivity index is 2.37. The van der Waals surface area contributed by atoms with Gasteiger partial charge in [-0.15, -0.1) is 0 Å². The van der Waals surface area contributed by atoms with Gasteiger partial charge in [-0.2, -0.15) is 0 Å². The van der Waals surface area contributed by atoms with Crippen LogP contribution in [0.4, 0.5) is 5.69 Å². The largest absolute Gasteiger partial charge is 0.290 e. The summed E-state index contributed by atoms with van der Waals surface area (Å²) in [6, 6.07) is 8.02. The van der Waals surface area contributed by atoms with Crippen molar-refractivity contribution in [3.8, 4) is 0 Å². The third kappa shape index (κ3) is 2.59. The summed E-state index contributed by atoms with van der Waals surface area (Å²) in [6.07, 6.45) is 3.49. The molecule has 17 heavy (non-hydrogen) atoms. The molecule has 1 aromatic rings. The average molecular weight is 225 g/mol. The van der Waals surface area contributed by atoms with Crippen LogP contribution in [0.15, 0.2) is 52.6 Å². The predicted octanol–water partition coefficient (Wildman–Crippen LogP) is 3.54. The molecule has 0 unspecified atom stereocenters. The molecule has 0 spiro atoms. The van der Waals surface area contributed by atoms with Gasteiger partial charge in [-0.25, -0.2) is 4.99 Å². The molecule has 2 nitrogen and oxygen atoms in total. The maximum absolute atomic E-state index is 11.4. The summed E-state index contributed by atoms with van der Waals surface area (Å²) in [6.45, 7) is 5.77. The van der Waals surface area contributed by atoms with E-state index in [4.69, 9.17) is 0 Å². The molecule has 1 aliphatic rings. The van der Waals surface area contributed by atoms with Crippen molar-refractivity contribution in [1.82, 2.24) is 0 Å². The summed E-state index contributed by atoms with van der Waals surface area (Å²) >= 11 is 0. The lowest BCUT2D eigenvalue weighted by Gasteiger charge is -2.09. The van der Waals surface area contributed by atoms with E-state index in [1.165, 1.54) is 5.56 Å². The molecule has 0 saturated carbocycles. The number of allylic oxidation sites excluding steroid dienone is 4. The number of nitrogens with zero attached hydrogens (tertiary/aromatic N) is 1. The number of benzene rings is 1. The quantitative estimate of drug-likeness (QED) is 0.672. The van der Waals surface area contributed by atoms with E-state index in [2.05, 4.69) is 4.99 Å². The number of carbonyl (C=O) groups excluding carboxylic acids is 1. The van der Waals surface area contributed by atoms with Gasteiger partial charge in [0.05, 0.1) is 11.4 Å². The monoisotopic (exact) mass is 225 g/mol. The molecule has 0 N–H and O–H groups in total. The fourth-order valence-electron chi connectivity index (χ4n) is 1.65. The Morgan fingerprint density at radius 3 is 2.18 bits per heavy atom. The third-order valence-corrected chi connectivity index (χ3v) is 2.78. The maximum Gasteiger partial charge on any atom is 0.181 e. The number of carbonyl (C=O) groups is 1. The molecule has 0 atom stereocenters. The molecule has 0 aliphatic heterocycles. The second-order valence-electron chi connectivity index (χ2n) is 4.35. The number of ketones is 1. The molecule has 86 valence electrons. The van der Waals surface area contributed by atoms with E-state index in [-0.39, 0.29) is 5.78 Å². The summed E-state index contributed by atoms with van der Waals surface area (Å²) < 4.78 is 0. The molecule has 0 fully saturated rings. The molecule has 2 heteroatoms. The van der Waals surface area contributed by atoms with Crippen molar-refractivity contribution in [3.63, 3.8) is 0 Å². The zero-order valence-corrected chi connectivity index (χ0v) is 10.3. The van der Waals surface area contributed by atoms with E-state index in [0.717, 1.165) is 22.5 Å². The van der Waals surface area contributed by atoms with Crippen LogP contribution >= 0.6 is 0 Å². The van der Waals surface area contributed by atoms with Crippen LogP contribution in [0.25, 0.3) is 0 Å². The van der Waals surface area contributed by atoms with E-state index in [1.54, 1.807) is 6.08 Å². The third-order valence-electron chi connectivity index (χ3n) is 2.78. The van der Waals surface area contributed by atoms with Gasteiger partial charge < -0.3 is 0 Å². The highest BCUT2D eigenvalue weighted by atomic mass is 16.1. The van der Waals surface area contributed by atoms with E-state index < -0.39 is 0 Å². The minimum atomic E-state index is 0.0744. The van der Waals surface area contributed by atoms with Gasteiger partial charge in [0.15, 0.2) is 5.78 Å². The second kappa shape index (κ2) is 4.50. The van der Waals surface area contributed by atoms with Crippen LogP contribution in [0.2, 0.25) is 0 Å². The Hall–Kier alpha value is -1.96. The lowest BCUT2D eigenvalue weighted by atomic mass is 9.98. The van der Waals surface area contributed by atoms with Crippen molar-refractivity contribution in [2.45, 2.75) is 20.8 Å². The number of rotatable bonds is 1. The molecular weight excluding hydrogens is 210 g/mol. The molecule has 2 rings (SSSR count). The zero-order valence-electron chi connectivity index (χ0n) is 10.3. The number of hydrogen-bond acceptors (Lipinski definition) is 2. The van der Waals surface area contributed by atoms with E-state index in [0.29, 0.717) is 0 Å². The lowest BCUT2D eigenvalue weighted by molar-refractivity contribution is -0.111. The SMILES string of the molecule is CC1=CC(=Nc2ccc(C)cc2)C(C)=CC1=O. The molecule has 0 amide bonds.